The first-order valence-electron chi connectivity index (χ1n) is 7.44. The van der Waals surface area contributed by atoms with Gasteiger partial charge in [0.2, 0.25) is 0 Å². The lowest BCUT2D eigenvalue weighted by atomic mass is 10.1. The number of aromatic hydroxyl groups is 1. The number of nitrogens with zero attached hydrogens (tertiary/aromatic N) is 6. The largest absolute Gasteiger partial charge is 0.507 e. The van der Waals surface area contributed by atoms with Crippen molar-refractivity contribution in [2.24, 2.45) is 7.05 Å². The van der Waals surface area contributed by atoms with Crippen LogP contribution in [-0.2, 0) is 7.05 Å². The first kappa shape index (κ1) is 15.7. The number of phenolic OH excluding ortho intramolecular Hbond substituents is 1. The Morgan fingerprint density at radius 2 is 2.25 bits per heavy atom. The van der Waals surface area contributed by atoms with Crippen LogP contribution in [0.5, 0.6) is 5.75 Å². The Morgan fingerprint density at radius 3 is 2.83 bits per heavy atom. The fourth-order valence-electron chi connectivity index (χ4n) is 2.41. The van der Waals surface area contributed by atoms with E-state index in [1.54, 1.807) is 16.9 Å². The van der Waals surface area contributed by atoms with E-state index in [1.165, 1.54) is 23.1 Å². The molecule has 0 saturated heterocycles. The van der Waals surface area contributed by atoms with E-state index in [1.807, 2.05) is 20.2 Å². The van der Waals surface area contributed by atoms with Crippen molar-refractivity contribution in [3.05, 3.63) is 48.0 Å². The maximum atomic E-state index is 12.5. The van der Waals surface area contributed by atoms with E-state index in [-0.39, 0.29) is 23.3 Å². The van der Waals surface area contributed by atoms with Gasteiger partial charge in [-0.05, 0) is 29.0 Å². The average Bonchev–Trinajstić information content (AvgIpc) is 3.24. The molecule has 1 atom stereocenters. The van der Waals surface area contributed by atoms with Crippen molar-refractivity contribution in [3.8, 4) is 11.4 Å². The Hall–Kier alpha value is -3.23. The molecule has 0 aliphatic carbocycles. The van der Waals surface area contributed by atoms with Crippen molar-refractivity contribution in [1.82, 2.24) is 35.3 Å². The predicted molar refractivity (Wildman–Crippen MR) is 84.5 cm³/mol. The van der Waals surface area contributed by atoms with E-state index < -0.39 is 0 Å². The minimum absolute atomic E-state index is 0.137. The zero-order chi connectivity index (χ0) is 17.1. The minimum atomic E-state index is -0.355. The van der Waals surface area contributed by atoms with E-state index in [4.69, 9.17) is 0 Å². The lowest BCUT2D eigenvalue weighted by molar-refractivity contribution is 0.0933. The third-order valence-electron chi connectivity index (χ3n) is 3.68. The second-order valence-corrected chi connectivity index (χ2v) is 5.34. The lowest BCUT2D eigenvalue weighted by Crippen LogP contribution is -2.28. The van der Waals surface area contributed by atoms with E-state index in [2.05, 4.69) is 25.9 Å². The molecular weight excluding hydrogens is 310 g/mol. The molecule has 1 amide bonds. The molecule has 1 aromatic carbocycles. The number of rotatable bonds is 5. The van der Waals surface area contributed by atoms with E-state index in [0.29, 0.717) is 12.1 Å². The number of carbonyl (C=O) groups is 1. The number of hydrogen-bond donors (Lipinski definition) is 2. The molecule has 0 saturated carbocycles. The first-order valence-corrected chi connectivity index (χ1v) is 7.44. The first-order chi connectivity index (χ1) is 11.6. The van der Waals surface area contributed by atoms with Crippen LogP contribution in [-0.4, -0.2) is 41.0 Å². The fourth-order valence-corrected chi connectivity index (χ4v) is 2.41. The second-order valence-electron chi connectivity index (χ2n) is 5.34. The van der Waals surface area contributed by atoms with Gasteiger partial charge in [-0.15, -0.1) is 5.10 Å². The van der Waals surface area contributed by atoms with Crippen molar-refractivity contribution in [3.63, 3.8) is 0 Å². The molecule has 0 unspecified atom stereocenters. The SMILES string of the molecule is CC[C@@H](NC(=O)c1ccc(-n2cnnn2)cc1O)c1cnn(C)c1. The van der Waals surface area contributed by atoms with Gasteiger partial charge in [0.1, 0.15) is 12.1 Å². The van der Waals surface area contributed by atoms with Gasteiger partial charge in [-0.3, -0.25) is 9.48 Å². The summed E-state index contributed by atoms with van der Waals surface area (Å²) in [7, 11) is 1.82. The molecule has 0 fully saturated rings. The quantitative estimate of drug-likeness (QED) is 0.723. The molecule has 0 aliphatic heterocycles. The summed E-state index contributed by atoms with van der Waals surface area (Å²) in [6, 6.07) is 4.47. The molecule has 3 rings (SSSR count). The number of tetrazole rings is 1. The number of aryl methyl sites for hydroxylation is 1. The topological polar surface area (TPSA) is 111 Å². The van der Waals surface area contributed by atoms with Crippen LogP contribution >= 0.6 is 0 Å². The van der Waals surface area contributed by atoms with Crippen molar-refractivity contribution >= 4 is 5.91 Å². The summed E-state index contributed by atoms with van der Waals surface area (Å²) in [5.41, 5.74) is 1.67. The van der Waals surface area contributed by atoms with Crippen molar-refractivity contribution in [1.29, 1.82) is 0 Å². The van der Waals surface area contributed by atoms with Gasteiger partial charge in [0, 0.05) is 24.9 Å². The number of aromatic nitrogens is 6. The number of benzene rings is 1. The highest BCUT2D eigenvalue weighted by molar-refractivity contribution is 5.97. The second kappa shape index (κ2) is 6.49. The number of hydrogen-bond acceptors (Lipinski definition) is 6. The summed E-state index contributed by atoms with van der Waals surface area (Å²) in [6.45, 7) is 1.97. The molecule has 0 radical (unpaired) electrons. The zero-order valence-corrected chi connectivity index (χ0v) is 13.3. The smallest absolute Gasteiger partial charge is 0.255 e. The molecule has 0 spiro atoms. The Bertz CT molecular complexity index is 841. The fraction of sp³-hybridized carbons (Fsp3) is 0.267. The number of nitrogens with one attached hydrogen (secondary N) is 1. The maximum Gasteiger partial charge on any atom is 0.255 e. The van der Waals surface area contributed by atoms with Crippen LogP contribution in [0.1, 0.15) is 35.3 Å². The number of phenols is 1. The summed E-state index contributed by atoms with van der Waals surface area (Å²) >= 11 is 0. The molecule has 9 nitrogen and oxygen atoms in total. The summed E-state index contributed by atoms with van der Waals surface area (Å²) in [6.07, 6.45) is 5.69. The average molecular weight is 327 g/mol. The molecule has 2 heterocycles. The Morgan fingerprint density at radius 1 is 1.42 bits per heavy atom. The summed E-state index contributed by atoms with van der Waals surface area (Å²) < 4.78 is 3.08. The third-order valence-corrected chi connectivity index (χ3v) is 3.68. The van der Waals surface area contributed by atoms with Gasteiger partial charge in [-0.1, -0.05) is 6.92 Å². The van der Waals surface area contributed by atoms with Crippen molar-refractivity contribution < 1.29 is 9.90 Å². The van der Waals surface area contributed by atoms with Crippen LogP contribution < -0.4 is 5.32 Å². The molecule has 0 aliphatic rings. The van der Waals surface area contributed by atoms with Gasteiger partial charge in [0.05, 0.1) is 23.5 Å². The van der Waals surface area contributed by atoms with Crippen LogP contribution in [0.25, 0.3) is 5.69 Å². The normalized spacial score (nSPS) is 12.1. The van der Waals surface area contributed by atoms with Gasteiger partial charge in [-0.25, -0.2) is 4.68 Å². The molecule has 2 aromatic heterocycles. The molecule has 0 bridgehead atoms. The van der Waals surface area contributed by atoms with E-state index in [9.17, 15) is 9.90 Å². The van der Waals surface area contributed by atoms with Crippen LogP contribution in [0, 0.1) is 0 Å². The summed E-state index contributed by atoms with van der Waals surface area (Å²) in [4.78, 5) is 12.5. The predicted octanol–water partition coefficient (Wildman–Crippen LogP) is 0.982. The Labute approximate surface area is 137 Å². The van der Waals surface area contributed by atoms with E-state index in [0.717, 1.165) is 5.56 Å². The molecule has 24 heavy (non-hydrogen) atoms. The highest BCUT2D eigenvalue weighted by atomic mass is 16.3. The maximum absolute atomic E-state index is 12.5. The number of amides is 1. The van der Waals surface area contributed by atoms with Gasteiger partial charge < -0.3 is 10.4 Å². The molecule has 2 N–H and O–H groups in total. The zero-order valence-electron chi connectivity index (χ0n) is 13.3. The number of carbonyl (C=O) groups excluding carboxylic acids is 1. The van der Waals surface area contributed by atoms with Gasteiger partial charge >= 0.3 is 0 Å². The van der Waals surface area contributed by atoms with Gasteiger partial charge in [-0.2, -0.15) is 5.10 Å². The minimum Gasteiger partial charge on any atom is -0.507 e. The molecule has 124 valence electrons. The van der Waals surface area contributed by atoms with Crippen molar-refractivity contribution in [2.75, 3.05) is 0 Å². The highest BCUT2D eigenvalue weighted by Gasteiger charge is 2.18. The van der Waals surface area contributed by atoms with Gasteiger partial charge in [0.25, 0.3) is 5.91 Å². The lowest BCUT2D eigenvalue weighted by Gasteiger charge is -2.16. The standard InChI is InChI=1S/C15H17N7O2/c1-3-13(10-7-17-21(2)8-10)18-15(24)12-5-4-11(6-14(12)23)22-9-16-19-20-22/h4-9,13,23H,3H2,1-2H3,(H,18,24)/t13-/m1/s1. The summed E-state index contributed by atoms with van der Waals surface area (Å²) in [5.74, 6) is -0.493. The summed E-state index contributed by atoms with van der Waals surface area (Å²) in [5, 5.41) is 28.0. The molecular formula is C15H17N7O2. The monoisotopic (exact) mass is 327 g/mol. The third kappa shape index (κ3) is 3.09. The van der Waals surface area contributed by atoms with Crippen molar-refractivity contribution in [2.45, 2.75) is 19.4 Å². The Balaban J connectivity index is 1.79. The molecule has 3 aromatic rings. The van der Waals surface area contributed by atoms with Crippen LogP contribution in [0.3, 0.4) is 0 Å². The molecule has 9 heteroatoms. The highest BCUT2D eigenvalue weighted by Crippen LogP contribution is 2.22. The van der Waals surface area contributed by atoms with E-state index >= 15 is 0 Å². The van der Waals surface area contributed by atoms with Crippen LogP contribution in [0.15, 0.2) is 36.9 Å². The van der Waals surface area contributed by atoms with Gasteiger partial charge in [0.15, 0.2) is 0 Å². The van der Waals surface area contributed by atoms with Crippen LogP contribution in [0.4, 0.5) is 0 Å². The Kier molecular flexibility index (Phi) is 4.23. The van der Waals surface area contributed by atoms with Crippen LogP contribution in [0.2, 0.25) is 0 Å².